The van der Waals surface area contributed by atoms with E-state index < -0.39 is 14.9 Å². The lowest BCUT2D eigenvalue weighted by Crippen LogP contribution is -2.38. The standard InChI is InChI=1S/C20H19N3O5S2/c24-23(25)18-13-16(30(26,27)21-15-5-2-1-3-6-15)8-9-17(18)22-10-11-28-19(14-22)20-7-4-12-29-20/h1-9,12-13,19,21H,10-11,14H2. The van der Waals surface area contributed by atoms with Crippen molar-refractivity contribution >= 4 is 38.4 Å². The summed E-state index contributed by atoms with van der Waals surface area (Å²) in [6.07, 6.45) is -0.179. The second-order valence-corrected chi connectivity index (χ2v) is 9.36. The summed E-state index contributed by atoms with van der Waals surface area (Å²) in [7, 11) is -3.96. The van der Waals surface area contributed by atoms with E-state index in [4.69, 9.17) is 4.74 Å². The van der Waals surface area contributed by atoms with Crippen LogP contribution in [0.5, 0.6) is 0 Å². The zero-order valence-corrected chi connectivity index (χ0v) is 17.4. The molecule has 2 heterocycles. The Morgan fingerprint density at radius 2 is 1.93 bits per heavy atom. The van der Waals surface area contributed by atoms with E-state index in [1.54, 1.807) is 41.7 Å². The molecule has 156 valence electrons. The lowest BCUT2D eigenvalue weighted by molar-refractivity contribution is -0.384. The number of thiophene rings is 1. The second kappa shape index (κ2) is 8.42. The summed E-state index contributed by atoms with van der Waals surface area (Å²) < 4.78 is 33.7. The van der Waals surface area contributed by atoms with E-state index in [1.165, 1.54) is 12.1 Å². The molecule has 1 aliphatic heterocycles. The van der Waals surface area contributed by atoms with Crippen LogP contribution in [-0.4, -0.2) is 33.0 Å². The third-order valence-corrected chi connectivity index (χ3v) is 7.09. The minimum absolute atomic E-state index is 0.162. The summed E-state index contributed by atoms with van der Waals surface area (Å²) >= 11 is 1.57. The first-order valence-corrected chi connectivity index (χ1v) is 11.6. The van der Waals surface area contributed by atoms with Gasteiger partial charge < -0.3 is 9.64 Å². The van der Waals surface area contributed by atoms with Gasteiger partial charge in [0.25, 0.3) is 15.7 Å². The van der Waals surface area contributed by atoms with Crippen molar-refractivity contribution in [1.82, 2.24) is 0 Å². The average Bonchev–Trinajstić information content (AvgIpc) is 3.29. The summed E-state index contributed by atoms with van der Waals surface area (Å²) in [4.78, 5) is 14.0. The Labute approximate surface area is 177 Å². The lowest BCUT2D eigenvalue weighted by Gasteiger charge is -2.33. The molecule has 1 unspecified atom stereocenters. The van der Waals surface area contributed by atoms with Gasteiger partial charge >= 0.3 is 0 Å². The van der Waals surface area contributed by atoms with Crippen LogP contribution in [0, 0.1) is 10.1 Å². The first kappa shape index (κ1) is 20.3. The minimum atomic E-state index is -3.96. The fourth-order valence-corrected chi connectivity index (χ4v) is 5.16. The third kappa shape index (κ3) is 4.30. The van der Waals surface area contributed by atoms with Crippen molar-refractivity contribution in [2.75, 3.05) is 29.3 Å². The highest BCUT2D eigenvalue weighted by Gasteiger charge is 2.29. The van der Waals surface area contributed by atoms with E-state index in [0.717, 1.165) is 10.9 Å². The number of nitrogens with one attached hydrogen (secondary N) is 1. The quantitative estimate of drug-likeness (QED) is 0.454. The van der Waals surface area contributed by atoms with Gasteiger partial charge in [-0.1, -0.05) is 24.3 Å². The number of nitro benzene ring substituents is 1. The Morgan fingerprint density at radius 3 is 2.63 bits per heavy atom. The molecule has 0 spiro atoms. The summed E-state index contributed by atoms with van der Waals surface area (Å²) in [5.41, 5.74) is 0.512. The zero-order valence-electron chi connectivity index (χ0n) is 15.8. The Kier molecular flexibility index (Phi) is 5.71. The van der Waals surface area contributed by atoms with Crippen LogP contribution in [-0.2, 0) is 14.8 Å². The predicted molar refractivity (Wildman–Crippen MR) is 116 cm³/mol. The highest BCUT2D eigenvalue weighted by molar-refractivity contribution is 7.92. The van der Waals surface area contributed by atoms with Gasteiger partial charge in [0.05, 0.1) is 16.4 Å². The number of nitro groups is 1. The maximum absolute atomic E-state index is 12.7. The Morgan fingerprint density at radius 1 is 1.13 bits per heavy atom. The Bertz CT molecular complexity index is 1130. The number of hydrogen-bond donors (Lipinski definition) is 1. The van der Waals surface area contributed by atoms with Gasteiger partial charge in [-0.15, -0.1) is 11.3 Å². The number of anilines is 2. The Balaban J connectivity index is 1.63. The van der Waals surface area contributed by atoms with Crippen LogP contribution in [0.25, 0.3) is 0 Å². The molecule has 0 radical (unpaired) electrons. The molecule has 1 N–H and O–H groups in total. The molecule has 3 aromatic rings. The Hall–Kier alpha value is -2.95. The van der Waals surface area contributed by atoms with E-state index in [0.29, 0.717) is 31.1 Å². The number of nitrogens with zero attached hydrogens (tertiary/aromatic N) is 2. The third-order valence-electron chi connectivity index (χ3n) is 4.75. The number of rotatable bonds is 6. The first-order valence-electron chi connectivity index (χ1n) is 9.20. The summed E-state index contributed by atoms with van der Waals surface area (Å²) in [5.74, 6) is 0. The molecule has 10 heteroatoms. The van der Waals surface area contributed by atoms with E-state index in [2.05, 4.69) is 4.72 Å². The molecule has 1 atom stereocenters. The minimum Gasteiger partial charge on any atom is -0.369 e. The van der Waals surface area contributed by atoms with Crippen molar-refractivity contribution in [3.05, 3.63) is 81.0 Å². The van der Waals surface area contributed by atoms with Crippen LogP contribution in [0.3, 0.4) is 0 Å². The summed E-state index contributed by atoms with van der Waals surface area (Å²) in [5, 5.41) is 13.7. The van der Waals surface area contributed by atoms with Crippen molar-refractivity contribution in [3.8, 4) is 0 Å². The number of hydrogen-bond acceptors (Lipinski definition) is 7. The van der Waals surface area contributed by atoms with Gasteiger partial charge in [0.15, 0.2) is 0 Å². The van der Waals surface area contributed by atoms with Crippen LogP contribution in [0.4, 0.5) is 17.1 Å². The second-order valence-electron chi connectivity index (χ2n) is 6.70. The topological polar surface area (TPSA) is 102 Å². The molecule has 1 aromatic heterocycles. The van der Waals surface area contributed by atoms with Crippen LogP contribution >= 0.6 is 11.3 Å². The predicted octanol–water partition coefficient (Wildman–Crippen LogP) is 4.04. The molecule has 0 saturated carbocycles. The van der Waals surface area contributed by atoms with Gasteiger partial charge in [0.2, 0.25) is 0 Å². The number of ether oxygens (including phenoxy) is 1. The van der Waals surface area contributed by atoms with Gasteiger partial charge in [-0.05, 0) is 35.7 Å². The monoisotopic (exact) mass is 445 g/mol. The van der Waals surface area contributed by atoms with Crippen LogP contribution in [0.2, 0.25) is 0 Å². The van der Waals surface area contributed by atoms with Gasteiger partial charge in [-0.25, -0.2) is 8.42 Å². The van der Waals surface area contributed by atoms with Crippen LogP contribution in [0.15, 0.2) is 70.9 Å². The van der Waals surface area contributed by atoms with E-state index in [9.17, 15) is 18.5 Å². The van der Waals surface area contributed by atoms with Crippen LogP contribution < -0.4 is 9.62 Å². The molecule has 0 aliphatic carbocycles. The van der Waals surface area contributed by atoms with Crippen molar-refractivity contribution in [1.29, 1.82) is 0 Å². The average molecular weight is 446 g/mol. The van der Waals surface area contributed by atoms with E-state index in [1.807, 2.05) is 22.4 Å². The fraction of sp³-hybridized carbons (Fsp3) is 0.200. The molecule has 2 aromatic carbocycles. The molecule has 1 fully saturated rings. The molecular formula is C20H19N3O5S2. The van der Waals surface area contributed by atoms with Gasteiger partial charge in [0.1, 0.15) is 11.8 Å². The van der Waals surface area contributed by atoms with Crippen molar-refractivity contribution in [3.63, 3.8) is 0 Å². The largest absolute Gasteiger partial charge is 0.369 e. The number of benzene rings is 2. The van der Waals surface area contributed by atoms with Crippen LogP contribution in [0.1, 0.15) is 11.0 Å². The SMILES string of the molecule is O=[N+]([O-])c1cc(S(=O)(=O)Nc2ccccc2)ccc1N1CCOC(c2cccs2)C1. The fourth-order valence-electron chi connectivity index (χ4n) is 3.32. The normalized spacial score (nSPS) is 16.9. The summed E-state index contributed by atoms with van der Waals surface area (Å²) in [6.45, 7) is 1.36. The van der Waals surface area contributed by atoms with E-state index >= 15 is 0 Å². The smallest absolute Gasteiger partial charge is 0.293 e. The van der Waals surface area contributed by atoms with Gasteiger partial charge in [-0.3, -0.25) is 14.8 Å². The molecule has 4 rings (SSSR count). The van der Waals surface area contributed by atoms with E-state index in [-0.39, 0.29) is 16.7 Å². The van der Waals surface area contributed by atoms with Crippen molar-refractivity contribution in [2.45, 2.75) is 11.0 Å². The number of para-hydroxylation sites is 1. The van der Waals surface area contributed by atoms with Gasteiger partial charge in [0, 0.05) is 29.7 Å². The lowest BCUT2D eigenvalue weighted by atomic mass is 10.2. The molecule has 0 bridgehead atoms. The maximum Gasteiger partial charge on any atom is 0.293 e. The maximum atomic E-state index is 12.7. The number of morpholine rings is 1. The number of sulfonamides is 1. The highest BCUT2D eigenvalue weighted by Crippen LogP contribution is 2.35. The molecular weight excluding hydrogens is 426 g/mol. The highest BCUT2D eigenvalue weighted by atomic mass is 32.2. The van der Waals surface area contributed by atoms with Crippen molar-refractivity contribution in [2.24, 2.45) is 0 Å². The molecule has 0 amide bonds. The summed E-state index contributed by atoms with van der Waals surface area (Å²) in [6, 6.07) is 16.3. The van der Waals surface area contributed by atoms with Crippen molar-refractivity contribution < 1.29 is 18.1 Å². The zero-order chi connectivity index (χ0) is 21.1. The first-order chi connectivity index (χ1) is 14.4. The molecule has 1 aliphatic rings. The molecule has 1 saturated heterocycles. The van der Waals surface area contributed by atoms with Gasteiger partial charge in [-0.2, -0.15) is 0 Å². The molecule has 30 heavy (non-hydrogen) atoms. The molecule has 8 nitrogen and oxygen atoms in total.